The Kier molecular flexibility index (Phi) is 1.67. The van der Waals surface area contributed by atoms with Crippen molar-refractivity contribution < 1.29 is 14.7 Å². The average Bonchev–Trinajstić information content (AvgIpc) is 1.95. The molecule has 0 atom stereocenters. The van der Waals surface area contributed by atoms with Crippen molar-refractivity contribution in [1.82, 2.24) is 0 Å². The molecule has 0 aromatic rings. The fraction of sp³-hybridized carbons (Fsp3) is 0.143. The van der Waals surface area contributed by atoms with Gasteiger partial charge in [-0.1, -0.05) is 6.08 Å². The lowest BCUT2D eigenvalue weighted by Gasteiger charge is -2.02. The molecule has 3 nitrogen and oxygen atoms in total. The van der Waals surface area contributed by atoms with Crippen LogP contribution in [0.2, 0.25) is 0 Å². The van der Waals surface area contributed by atoms with Crippen molar-refractivity contribution >= 4 is 11.6 Å². The molecule has 3 heteroatoms. The summed E-state index contributed by atoms with van der Waals surface area (Å²) in [5, 5.41) is 8.41. The zero-order valence-electron chi connectivity index (χ0n) is 5.20. The van der Waals surface area contributed by atoms with Crippen LogP contribution in [0.25, 0.3) is 0 Å². The van der Waals surface area contributed by atoms with Crippen LogP contribution in [0.3, 0.4) is 0 Å². The Morgan fingerprint density at radius 2 is 2.20 bits per heavy atom. The minimum Gasteiger partial charge on any atom is -0.515 e. The minimum atomic E-state index is -0.606. The summed E-state index contributed by atoms with van der Waals surface area (Å²) in [5.41, 5.74) is 0.160. The van der Waals surface area contributed by atoms with Gasteiger partial charge in [0.2, 0.25) is 11.6 Å². The summed E-state index contributed by atoms with van der Waals surface area (Å²) in [6, 6.07) is 0. The predicted octanol–water partition coefficient (Wildman–Crippen LogP) is 0.526. The number of ketones is 2. The fourth-order valence-electron chi connectivity index (χ4n) is 0.731. The molecular weight excluding hydrogens is 132 g/mol. The number of allylic oxidation sites excluding steroid dienone is 3. The molecule has 1 aliphatic rings. The van der Waals surface area contributed by atoms with Gasteiger partial charge in [0.05, 0.1) is 6.26 Å². The van der Waals surface area contributed by atoms with E-state index in [0.717, 1.165) is 0 Å². The Labute approximate surface area is 57.7 Å². The van der Waals surface area contributed by atoms with Gasteiger partial charge in [-0.2, -0.15) is 0 Å². The maximum absolute atomic E-state index is 10.7. The number of hydrogen-bond donors (Lipinski definition) is 1. The highest BCUT2D eigenvalue weighted by Crippen LogP contribution is 2.09. The highest BCUT2D eigenvalue weighted by Gasteiger charge is 2.18. The number of Topliss-reactive ketones (excluding diaryl/α,β-unsaturated/α-hetero) is 1. The van der Waals surface area contributed by atoms with Crippen LogP contribution in [-0.4, -0.2) is 16.7 Å². The molecule has 1 rings (SSSR count). The third-order valence-corrected chi connectivity index (χ3v) is 1.28. The van der Waals surface area contributed by atoms with Crippen LogP contribution in [0.1, 0.15) is 6.42 Å². The van der Waals surface area contributed by atoms with Crippen LogP contribution in [-0.2, 0) is 9.59 Å². The van der Waals surface area contributed by atoms with Crippen molar-refractivity contribution in [3.8, 4) is 0 Å². The average molecular weight is 138 g/mol. The zero-order valence-corrected chi connectivity index (χ0v) is 5.20. The van der Waals surface area contributed by atoms with Gasteiger partial charge >= 0.3 is 0 Å². The van der Waals surface area contributed by atoms with Crippen molar-refractivity contribution in [2.45, 2.75) is 6.42 Å². The summed E-state index contributed by atoms with van der Waals surface area (Å²) in [7, 11) is 0. The van der Waals surface area contributed by atoms with Gasteiger partial charge in [0.25, 0.3) is 0 Å². The summed E-state index contributed by atoms with van der Waals surface area (Å²) >= 11 is 0. The topological polar surface area (TPSA) is 54.4 Å². The van der Waals surface area contributed by atoms with Gasteiger partial charge in [0.15, 0.2) is 0 Å². The maximum atomic E-state index is 10.7. The lowest BCUT2D eigenvalue weighted by molar-refractivity contribution is -0.131. The first kappa shape index (κ1) is 6.74. The number of carbonyl (C=O) groups excluding carboxylic acids is 2. The summed E-state index contributed by atoms with van der Waals surface area (Å²) in [6.07, 6.45) is 3.80. The molecule has 1 aliphatic carbocycles. The van der Waals surface area contributed by atoms with Crippen LogP contribution in [0.5, 0.6) is 0 Å². The van der Waals surface area contributed by atoms with E-state index in [1.807, 2.05) is 0 Å². The highest BCUT2D eigenvalue weighted by molar-refractivity contribution is 6.48. The highest BCUT2D eigenvalue weighted by atomic mass is 16.2. The summed E-state index contributed by atoms with van der Waals surface area (Å²) < 4.78 is 0. The van der Waals surface area contributed by atoms with Crippen LogP contribution >= 0.6 is 0 Å². The fourth-order valence-corrected chi connectivity index (χ4v) is 0.731. The van der Waals surface area contributed by atoms with E-state index in [1.165, 1.54) is 6.08 Å². The molecule has 0 heterocycles. The van der Waals surface area contributed by atoms with Crippen LogP contribution < -0.4 is 0 Å². The van der Waals surface area contributed by atoms with Crippen LogP contribution in [0.15, 0.2) is 24.0 Å². The molecule has 0 radical (unpaired) electrons. The van der Waals surface area contributed by atoms with Crippen LogP contribution in [0.4, 0.5) is 0 Å². The van der Waals surface area contributed by atoms with Gasteiger partial charge in [-0.15, -0.1) is 0 Å². The number of rotatable bonds is 0. The second kappa shape index (κ2) is 2.47. The molecule has 0 bridgehead atoms. The molecule has 0 aromatic heterocycles. The summed E-state index contributed by atoms with van der Waals surface area (Å²) in [5.74, 6) is -1.17. The molecule has 0 aliphatic heterocycles. The first-order valence-electron chi connectivity index (χ1n) is 2.84. The Hall–Kier alpha value is -1.38. The number of aliphatic hydroxyl groups excluding tert-OH is 1. The van der Waals surface area contributed by atoms with Crippen molar-refractivity contribution in [3.05, 3.63) is 24.0 Å². The standard InChI is InChI=1S/C7H6O3/c8-4-5-2-1-3-6(9)7(5)10/h1,3-4,8H,2H2. The van der Waals surface area contributed by atoms with Gasteiger partial charge in [-0.05, 0) is 12.5 Å². The number of aliphatic hydroxyl groups is 1. The van der Waals surface area contributed by atoms with E-state index >= 15 is 0 Å². The number of carbonyl (C=O) groups is 2. The Balaban J connectivity index is 2.96. The molecule has 0 fully saturated rings. The van der Waals surface area contributed by atoms with Gasteiger partial charge < -0.3 is 5.11 Å². The molecule has 52 valence electrons. The van der Waals surface area contributed by atoms with Gasteiger partial charge in [0.1, 0.15) is 0 Å². The molecule has 1 N–H and O–H groups in total. The van der Waals surface area contributed by atoms with Crippen molar-refractivity contribution in [2.24, 2.45) is 0 Å². The first-order chi connectivity index (χ1) is 4.75. The smallest absolute Gasteiger partial charge is 0.232 e. The Morgan fingerprint density at radius 1 is 1.50 bits per heavy atom. The zero-order chi connectivity index (χ0) is 7.56. The van der Waals surface area contributed by atoms with E-state index < -0.39 is 11.6 Å². The third-order valence-electron chi connectivity index (χ3n) is 1.28. The van der Waals surface area contributed by atoms with Gasteiger partial charge in [-0.25, -0.2) is 0 Å². The van der Waals surface area contributed by atoms with Crippen molar-refractivity contribution in [3.63, 3.8) is 0 Å². The second-order valence-electron chi connectivity index (χ2n) is 1.95. The SMILES string of the molecule is O=C1C=CCC(=CO)C1=O. The van der Waals surface area contributed by atoms with Crippen molar-refractivity contribution in [2.75, 3.05) is 0 Å². The minimum absolute atomic E-state index is 0.160. The largest absolute Gasteiger partial charge is 0.515 e. The molecule has 0 saturated heterocycles. The van der Waals surface area contributed by atoms with Gasteiger partial charge in [0, 0.05) is 5.57 Å². The van der Waals surface area contributed by atoms with E-state index in [2.05, 4.69) is 0 Å². The molecule has 0 amide bonds. The predicted molar refractivity (Wildman–Crippen MR) is 34.5 cm³/mol. The summed E-state index contributed by atoms with van der Waals surface area (Å²) in [6.45, 7) is 0. The Morgan fingerprint density at radius 3 is 2.70 bits per heavy atom. The van der Waals surface area contributed by atoms with Gasteiger partial charge in [-0.3, -0.25) is 9.59 Å². The molecule has 10 heavy (non-hydrogen) atoms. The normalized spacial score (nSPS) is 22.2. The molecular formula is C7H6O3. The monoisotopic (exact) mass is 138 g/mol. The van der Waals surface area contributed by atoms with E-state index in [9.17, 15) is 9.59 Å². The van der Waals surface area contributed by atoms with E-state index in [1.54, 1.807) is 6.08 Å². The van der Waals surface area contributed by atoms with Crippen molar-refractivity contribution in [1.29, 1.82) is 0 Å². The molecule has 0 aromatic carbocycles. The number of hydrogen-bond acceptors (Lipinski definition) is 3. The maximum Gasteiger partial charge on any atom is 0.232 e. The van der Waals surface area contributed by atoms with Crippen LogP contribution in [0, 0.1) is 0 Å². The lowest BCUT2D eigenvalue weighted by Crippen LogP contribution is -2.16. The third kappa shape index (κ3) is 0.978. The summed E-state index contributed by atoms with van der Waals surface area (Å²) in [4.78, 5) is 21.3. The Bertz CT molecular complexity index is 235. The van der Waals surface area contributed by atoms with E-state index in [0.29, 0.717) is 12.7 Å². The molecule has 0 saturated carbocycles. The quantitative estimate of drug-likeness (QED) is 0.301. The van der Waals surface area contributed by atoms with E-state index in [4.69, 9.17) is 5.11 Å². The second-order valence-corrected chi connectivity index (χ2v) is 1.95. The van der Waals surface area contributed by atoms with E-state index in [-0.39, 0.29) is 5.57 Å². The first-order valence-corrected chi connectivity index (χ1v) is 2.84. The molecule has 0 spiro atoms. The lowest BCUT2D eigenvalue weighted by atomic mass is 10.0. The molecule has 0 unspecified atom stereocenters.